The summed E-state index contributed by atoms with van der Waals surface area (Å²) in [6, 6.07) is 9.75. The van der Waals surface area contributed by atoms with Gasteiger partial charge in [0.15, 0.2) is 0 Å². The maximum Gasteiger partial charge on any atom is 0.303 e. The zero-order valence-corrected chi connectivity index (χ0v) is 17.5. The Morgan fingerprint density at radius 1 is 1.30 bits per heavy atom. The van der Waals surface area contributed by atoms with Crippen molar-refractivity contribution in [2.24, 2.45) is 5.92 Å². The summed E-state index contributed by atoms with van der Waals surface area (Å²) in [5, 5.41) is 19.1. The van der Waals surface area contributed by atoms with E-state index in [1.165, 1.54) is 0 Å². The zero-order chi connectivity index (χ0) is 21.8. The number of likely N-dealkylation sites (tertiary alicyclic amines) is 1. The van der Waals surface area contributed by atoms with Gasteiger partial charge in [0.2, 0.25) is 5.91 Å². The van der Waals surface area contributed by atoms with E-state index in [1.54, 1.807) is 11.0 Å². The summed E-state index contributed by atoms with van der Waals surface area (Å²) >= 11 is 0. The minimum Gasteiger partial charge on any atom is -0.481 e. The van der Waals surface area contributed by atoms with E-state index in [-0.39, 0.29) is 24.3 Å². The number of unbranched alkanes of at least 4 members (excludes halogenated alkanes) is 1. The average molecular weight is 410 g/mol. The molecule has 0 saturated carbocycles. The van der Waals surface area contributed by atoms with Crippen molar-refractivity contribution in [1.29, 1.82) is 0 Å². The van der Waals surface area contributed by atoms with Gasteiger partial charge in [0.05, 0.1) is 12.1 Å². The summed E-state index contributed by atoms with van der Waals surface area (Å²) in [5.74, 6) is 5.54. The van der Waals surface area contributed by atoms with E-state index in [2.05, 4.69) is 11.8 Å². The third kappa shape index (κ3) is 8.26. The summed E-state index contributed by atoms with van der Waals surface area (Å²) in [6.07, 6.45) is 10.2. The van der Waals surface area contributed by atoms with Crippen molar-refractivity contribution in [2.45, 2.75) is 57.6 Å². The van der Waals surface area contributed by atoms with Crippen LogP contribution in [0.25, 0.3) is 0 Å². The first-order valence-electron chi connectivity index (χ1n) is 10.5. The van der Waals surface area contributed by atoms with Gasteiger partial charge >= 0.3 is 5.97 Å². The smallest absolute Gasteiger partial charge is 0.303 e. The molecule has 2 N–H and O–H groups in total. The monoisotopic (exact) mass is 409 g/mol. The third-order valence-corrected chi connectivity index (χ3v) is 5.15. The Balaban J connectivity index is 1.80. The first-order chi connectivity index (χ1) is 14.5. The van der Waals surface area contributed by atoms with Crippen LogP contribution >= 0.6 is 0 Å². The number of hydrogen-bond acceptors (Lipinski definition) is 3. The Morgan fingerprint density at radius 2 is 2.07 bits per heavy atom. The number of nitrogens with zero attached hydrogens (tertiary/aromatic N) is 1. The zero-order valence-electron chi connectivity index (χ0n) is 17.5. The van der Waals surface area contributed by atoms with Crippen molar-refractivity contribution in [1.82, 2.24) is 4.90 Å². The van der Waals surface area contributed by atoms with Crippen molar-refractivity contribution >= 4 is 11.9 Å². The van der Waals surface area contributed by atoms with Gasteiger partial charge in [-0.2, -0.15) is 0 Å². The third-order valence-electron chi connectivity index (χ3n) is 5.15. The normalized spacial score (nSPS) is 18.5. The molecule has 1 saturated heterocycles. The van der Waals surface area contributed by atoms with Gasteiger partial charge < -0.3 is 15.1 Å². The highest BCUT2D eigenvalue weighted by Gasteiger charge is 2.28. The first kappa shape index (κ1) is 23.4. The van der Waals surface area contributed by atoms with Crippen LogP contribution in [0.15, 0.2) is 54.6 Å². The number of aliphatic hydroxyl groups excluding tert-OH is 1. The molecule has 5 heteroatoms. The lowest BCUT2D eigenvalue weighted by molar-refractivity contribution is -0.137. The number of aliphatic hydroxyl groups is 1. The van der Waals surface area contributed by atoms with Crippen LogP contribution in [0.2, 0.25) is 0 Å². The summed E-state index contributed by atoms with van der Waals surface area (Å²) < 4.78 is 0. The number of rotatable bonds is 10. The number of benzene rings is 1. The molecule has 2 rings (SSSR count). The van der Waals surface area contributed by atoms with Gasteiger partial charge in [-0.25, -0.2) is 0 Å². The van der Waals surface area contributed by atoms with Crippen molar-refractivity contribution < 1.29 is 19.8 Å². The van der Waals surface area contributed by atoms with Gasteiger partial charge in [-0.05, 0) is 37.3 Å². The first-order valence-corrected chi connectivity index (χ1v) is 10.5. The number of carbonyl (C=O) groups excluding carboxylic acids is 1. The molecule has 1 aliphatic rings. The van der Waals surface area contributed by atoms with Gasteiger partial charge in [-0.3, -0.25) is 9.59 Å². The van der Waals surface area contributed by atoms with E-state index in [9.17, 15) is 14.7 Å². The Bertz CT molecular complexity index is 803. The molecule has 1 amide bonds. The molecule has 1 fully saturated rings. The molecular formula is C25H31NO4. The van der Waals surface area contributed by atoms with Crippen LogP contribution in [0, 0.1) is 17.8 Å². The maximum absolute atomic E-state index is 12.1. The Kier molecular flexibility index (Phi) is 9.90. The summed E-state index contributed by atoms with van der Waals surface area (Å²) in [6.45, 7) is 2.47. The van der Waals surface area contributed by atoms with Crippen LogP contribution in [0.3, 0.4) is 0 Å². The van der Waals surface area contributed by atoms with Crippen LogP contribution in [-0.2, 0) is 9.59 Å². The molecule has 0 aromatic heterocycles. The second-order valence-corrected chi connectivity index (χ2v) is 7.63. The van der Waals surface area contributed by atoms with Gasteiger partial charge in [-0.1, -0.05) is 61.3 Å². The predicted octanol–water partition coefficient (Wildman–Crippen LogP) is 3.78. The molecule has 1 aromatic rings. The minimum absolute atomic E-state index is 0.00264. The molecule has 1 aromatic carbocycles. The summed E-state index contributed by atoms with van der Waals surface area (Å²) in [7, 11) is 0. The summed E-state index contributed by atoms with van der Waals surface area (Å²) in [4.78, 5) is 24.5. The lowest BCUT2D eigenvalue weighted by Crippen LogP contribution is -2.32. The topological polar surface area (TPSA) is 77.8 Å². The molecule has 0 aliphatic carbocycles. The Morgan fingerprint density at radius 3 is 2.80 bits per heavy atom. The van der Waals surface area contributed by atoms with E-state index in [0.717, 1.165) is 12.0 Å². The highest BCUT2D eigenvalue weighted by molar-refractivity contribution is 5.79. The fourth-order valence-corrected chi connectivity index (χ4v) is 3.26. The van der Waals surface area contributed by atoms with Crippen molar-refractivity contribution in [3.8, 4) is 11.8 Å². The van der Waals surface area contributed by atoms with Gasteiger partial charge in [0.1, 0.15) is 0 Å². The quantitative estimate of drug-likeness (QED) is 0.350. The number of carboxylic acids is 1. The van der Waals surface area contributed by atoms with Crippen LogP contribution < -0.4 is 0 Å². The molecule has 1 aliphatic heterocycles. The largest absolute Gasteiger partial charge is 0.481 e. The molecule has 0 unspecified atom stereocenters. The standard InChI is InChI=1S/C25H31NO4/c1-20(10-9-13-21-11-5-4-6-12-21)23(27)17-15-22-16-18-24(28)26(22)19-8-3-2-7-14-25(29)30/h3-6,8,11-12,15,17,20,22-23,27H,2,7,10,14,16,18-19H2,1H3,(H,29,30)/b8-3-,17-15+/t20-,22-,23+/m0/s1. The maximum atomic E-state index is 12.1. The van der Waals surface area contributed by atoms with E-state index in [0.29, 0.717) is 32.2 Å². The van der Waals surface area contributed by atoms with Crippen molar-refractivity contribution in [3.05, 3.63) is 60.2 Å². The second kappa shape index (κ2) is 12.7. The van der Waals surface area contributed by atoms with Crippen molar-refractivity contribution in [2.75, 3.05) is 6.54 Å². The number of allylic oxidation sites excluding steroid dienone is 1. The number of carbonyl (C=O) groups is 2. The van der Waals surface area contributed by atoms with Crippen LogP contribution in [-0.4, -0.2) is 45.7 Å². The highest BCUT2D eigenvalue weighted by Crippen LogP contribution is 2.21. The molecule has 3 atom stereocenters. The van der Waals surface area contributed by atoms with E-state index < -0.39 is 12.1 Å². The predicted molar refractivity (Wildman–Crippen MR) is 118 cm³/mol. The van der Waals surface area contributed by atoms with E-state index in [1.807, 2.05) is 55.5 Å². The fraction of sp³-hybridized carbons (Fsp3) is 0.440. The van der Waals surface area contributed by atoms with Gasteiger partial charge in [-0.15, -0.1) is 0 Å². The Labute approximate surface area is 179 Å². The molecule has 30 heavy (non-hydrogen) atoms. The van der Waals surface area contributed by atoms with Crippen LogP contribution in [0.4, 0.5) is 0 Å². The number of hydrogen-bond donors (Lipinski definition) is 2. The van der Waals surface area contributed by atoms with E-state index in [4.69, 9.17) is 5.11 Å². The lowest BCUT2D eigenvalue weighted by atomic mass is 9.99. The number of aliphatic carboxylic acids is 1. The fourth-order valence-electron chi connectivity index (χ4n) is 3.26. The van der Waals surface area contributed by atoms with Crippen LogP contribution in [0.5, 0.6) is 0 Å². The molecule has 0 radical (unpaired) electrons. The van der Waals surface area contributed by atoms with Gasteiger partial charge in [0.25, 0.3) is 0 Å². The molecule has 160 valence electrons. The molecule has 1 heterocycles. The highest BCUT2D eigenvalue weighted by atomic mass is 16.4. The molecule has 0 spiro atoms. The molecule has 5 nitrogen and oxygen atoms in total. The SMILES string of the molecule is C[C@@H](CC#Cc1ccccc1)[C@H](O)/C=C/[C@H]1CCC(=O)N1C/C=C\CCCC(=O)O. The Hall–Kier alpha value is -2.84. The molecular weight excluding hydrogens is 378 g/mol. The number of amides is 1. The van der Waals surface area contributed by atoms with Crippen molar-refractivity contribution in [3.63, 3.8) is 0 Å². The van der Waals surface area contributed by atoms with Crippen LogP contribution in [0.1, 0.15) is 51.0 Å². The minimum atomic E-state index is -0.790. The lowest BCUT2D eigenvalue weighted by Gasteiger charge is -2.21. The average Bonchev–Trinajstić information content (AvgIpc) is 3.08. The second-order valence-electron chi connectivity index (χ2n) is 7.63. The summed E-state index contributed by atoms with van der Waals surface area (Å²) in [5.41, 5.74) is 0.964. The van der Waals surface area contributed by atoms with Gasteiger partial charge in [0, 0.05) is 31.4 Å². The number of carboxylic acid groups (broad SMARTS) is 1. The molecule has 0 bridgehead atoms. The van der Waals surface area contributed by atoms with E-state index >= 15 is 0 Å².